The number of imide groups is 1. The van der Waals surface area contributed by atoms with Crippen LogP contribution in [0.2, 0.25) is 0 Å². The maximum absolute atomic E-state index is 13.9. The summed E-state index contributed by atoms with van der Waals surface area (Å²) in [6.07, 6.45) is 1.57. The number of nitrogens with zero attached hydrogens (tertiary/aromatic N) is 1. The fraction of sp³-hybridized carbons (Fsp3) is 0.238. The first kappa shape index (κ1) is 21.1. The van der Waals surface area contributed by atoms with Gasteiger partial charge in [0.25, 0.3) is 5.91 Å². The molecule has 1 saturated heterocycles. The van der Waals surface area contributed by atoms with Crippen molar-refractivity contribution in [2.45, 2.75) is 20.4 Å². The van der Waals surface area contributed by atoms with Crippen LogP contribution in [-0.4, -0.2) is 30.1 Å². The third-order valence-electron chi connectivity index (χ3n) is 4.18. The Morgan fingerprint density at radius 3 is 2.55 bits per heavy atom. The minimum absolute atomic E-state index is 0.119. The summed E-state index contributed by atoms with van der Waals surface area (Å²) in [5.74, 6) is 0.223. The van der Waals surface area contributed by atoms with Gasteiger partial charge in [-0.25, -0.2) is 9.18 Å². The van der Waals surface area contributed by atoms with Crippen LogP contribution < -0.4 is 14.8 Å². The van der Waals surface area contributed by atoms with E-state index in [0.717, 1.165) is 8.47 Å². The third-order valence-corrected chi connectivity index (χ3v) is 4.98. The van der Waals surface area contributed by atoms with Gasteiger partial charge >= 0.3 is 6.03 Å². The summed E-state index contributed by atoms with van der Waals surface area (Å²) in [6, 6.07) is 9.05. The van der Waals surface area contributed by atoms with Gasteiger partial charge in [0.05, 0.1) is 23.3 Å². The van der Waals surface area contributed by atoms with Gasteiger partial charge in [0, 0.05) is 5.56 Å². The first-order chi connectivity index (χ1) is 13.9. The molecule has 0 aromatic heterocycles. The second-order valence-electron chi connectivity index (χ2n) is 6.17. The van der Waals surface area contributed by atoms with Crippen LogP contribution in [0, 0.1) is 9.39 Å². The second-order valence-corrected chi connectivity index (χ2v) is 7.33. The summed E-state index contributed by atoms with van der Waals surface area (Å²) in [5, 5.41) is 2.55. The standard InChI is InChI=1S/C21H20FIN2O4/c1-3-28-18-11-13(9-16(23)19(18)29-4-2)10-17-20(26)25(21(27)24-17)12-14-7-5-6-8-15(14)22/h5-11H,3-4,12H2,1-2H3,(H,24,27)/b17-10+. The molecule has 3 amide bonds. The van der Waals surface area contributed by atoms with E-state index in [1.807, 2.05) is 19.9 Å². The smallest absolute Gasteiger partial charge is 0.329 e. The zero-order valence-corrected chi connectivity index (χ0v) is 18.2. The molecule has 0 bridgehead atoms. The molecule has 0 saturated carbocycles. The van der Waals surface area contributed by atoms with Gasteiger partial charge in [-0.1, -0.05) is 18.2 Å². The number of benzene rings is 2. The zero-order chi connectivity index (χ0) is 21.0. The molecule has 6 nitrogen and oxygen atoms in total. The minimum Gasteiger partial charge on any atom is -0.490 e. The van der Waals surface area contributed by atoms with Gasteiger partial charge in [0.2, 0.25) is 0 Å². The highest BCUT2D eigenvalue weighted by Crippen LogP contribution is 2.35. The van der Waals surface area contributed by atoms with Crippen LogP contribution in [0.5, 0.6) is 11.5 Å². The van der Waals surface area contributed by atoms with Crippen molar-refractivity contribution < 1.29 is 23.5 Å². The summed E-state index contributed by atoms with van der Waals surface area (Å²) in [6.45, 7) is 4.58. The lowest BCUT2D eigenvalue weighted by atomic mass is 10.1. The number of carbonyl (C=O) groups excluding carboxylic acids is 2. The number of nitrogens with one attached hydrogen (secondary N) is 1. The fourth-order valence-corrected chi connectivity index (χ4v) is 3.68. The molecule has 3 rings (SSSR count). The summed E-state index contributed by atoms with van der Waals surface area (Å²) in [4.78, 5) is 25.9. The van der Waals surface area contributed by atoms with Crippen molar-refractivity contribution >= 4 is 40.6 Å². The highest BCUT2D eigenvalue weighted by atomic mass is 127. The molecule has 0 radical (unpaired) electrons. The SMILES string of the molecule is CCOc1cc(/C=C2/NC(=O)N(Cc3ccccc3F)C2=O)cc(I)c1OCC. The van der Waals surface area contributed by atoms with Crippen molar-refractivity contribution in [2.75, 3.05) is 13.2 Å². The van der Waals surface area contributed by atoms with Gasteiger partial charge in [-0.05, 0) is 66.3 Å². The number of hydrogen-bond donors (Lipinski definition) is 1. The van der Waals surface area contributed by atoms with Gasteiger partial charge in [-0.15, -0.1) is 0 Å². The maximum atomic E-state index is 13.9. The highest BCUT2D eigenvalue weighted by Gasteiger charge is 2.34. The molecule has 0 aliphatic carbocycles. The average molecular weight is 510 g/mol. The molecule has 29 heavy (non-hydrogen) atoms. The lowest BCUT2D eigenvalue weighted by Gasteiger charge is -2.14. The molecule has 0 unspecified atom stereocenters. The topological polar surface area (TPSA) is 67.9 Å². The first-order valence-corrected chi connectivity index (χ1v) is 10.2. The molecule has 0 atom stereocenters. The van der Waals surface area contributed by atoms with Crippen LogP contribution >= 0.6 is 22.6 Å². The van der Waals surface area contributed by atoms with Crippen molar-refractivity contribution in [3.63, 3.8) is 0 Å². The molecule has 152 valence electrons. The van der Waals surface area contributed by atoms with Gasteiger partial charge in [-0.2, -0.15) is 0 Å². The Hall–Kier alpha value is -2.62. The zero-order valence-electron chi connectivity index (χ0n) is 16.0. The van der Waals surface area contributed by atoms with Crippen molar-refractivity contribution in [1.29, 1.82) is 0 Å². The lowest BCUT2D eigenvalue weighted by molar-refractivity contribution is -0.123. The molecule has 2 aromatic rings. The van der Waals surface area contributed by atoms with E-state index < -0.39 is 17.8 Å². The fourth-order valence-electron chi connectivity index (χ4n) is 2.90. The van der Waals surface area contributed by atoms with Crippen LogP contribution in [0.4, 0.5) is 9.18 Å². The number of urea groups is 1. The Morgan fingerprint density at radius 2 is 1.86 bits per heavy atom. The number of hydrogen-bond acceptors (Lipinski definition) is 4. The van der Waals surface area contributed by atoms with E-state index >= 15 is 0 Å². The maximum Gasteiger partial charge on any atom is 0.329 e. The average Bonchev–Trinajstić information content (AvgIpc) is 2.94. The molecule has 1 fully saturated rings. The van der Waals surface area contributed by atoms with E-state index in [0.29, 0.717) is 30.3 Å². The molecule has 2 aromatic carbocycles. The van der Waals surface area contributed by atoms with E-state index in [-0.39, 0.29) is 17.8 Å². The van der Waals surface area contributed by atoms with Crippen LogP contribution in [-0.2, 0) is 11.3 Å². The van der Waals surface area contributed by atoms with Gasteiger partial charge < -0.3 is 14.8 Å². The number of ether oxygens (including phenoxy) is 2. The summed E-state index contributed by atoms with van der Waals surface area (Å²) >= 11 is 2.13. The van der Waals surface area contributed by atoms with Crippen LogP contribution in [0.15, 0.2) is 42.1 Å². The van der Waals surface area contributed by atoms with E-state index in [1.165, 1.54) is 6.07 Å². The normalized spacial score (nSPS) is 15.0. The molecule has 8 heteroatoms. The number of halogens is 2. The van der Waals surface area contributed by atoms with E-state index in [2.05, 4.69) is 27.9 Å². The Kier molecular flexibility index (Phi) is 6.73. The highest BCUT2D eigenvalue weighted by molar-refractivity contribution is 14.1. The van der Waals surface area contributed by atoms with Crippen molar-refractivity contribution in [3.8, 4) is 11.5 Å². The Bertz CT molecular complexity index is 977. The van der Waals surface area contributed by atoms with Crippen LogP contribution in [0.1, 0.15) is 25.0 Å². The van der Waals surface area contributed by atoms with E-state index in [1.54, 1.807) is 30.3 Å². The summed E-state index contributed by atoms with van der Waals surface area (Å²) in [7, 11) is 0. The number of carbonyl (C=O) groups is 2. The van der Waals surface area contributed by atoms with Crippen molar-refractivity contribution in [2.24, 2.45) is 0 Å². The molecular formula is C21H20FIN2O4. The predicted molar refractivity (Wildman–Crippen MR) is 115 cm³/mol. The summed E-state index contributed by atoms with van der Waals surface area (Å²) < 4.78 is 26.0. The first-order valence-electron chi connectivity index (χ1n) is 9.11. The predicted octanol–water partition coefficient (Wildman–Crippen LogP) is 4.32. The van der Waals surface area contributed by atoms with Crippen LogP contribution in [0.25, 0.3) is 6.08 Å². The Morgan fingerprint density at radius 1 is 1.14 bits per heavy atom. The lowest BCUT2D eigenvalue weighted by Crippen LogP contribution is -2.30. The molecule has 1 aliphatic rings. The van der Waals surface area contributed by atoms with Gasteiger partial charge in [0.15, 0.2) is 11.5 Å². The molecule has 0 spiro atoms. The quantitative estimate of drug-likeness (QED) is 0.343. The van der Waals surface area contributed by atoms with Gasteiger partial charge in [-0.3, -0.25) is 9.69 Å². The number of amides is 3. The van der Waals surface area contributed by atoms with Gasteiger partial charge in [0.1, 0.15) is 11.5 Å². The Balaban J connectivity index is 1.88. The van der Waals surface area contributed by atoms with E-state index in [4.69, 9.17) is 9.47 Å². The van der Waals surface area contributed by atoms with E-state index in [9.17, 15) is 14.0 Å². The number of rotatable bonds is 7. The third kappa shape index (κ3) is 4.69. The molecular weight excluding hydrogens is 490 g/mol. The molecule has 1 heterocycles. The minimum atomic E-state index is -0.588. The van der Waals surface area contributed by atoms with Crippen molar-refractivity contribution in [3.05, 3.63) is 62.6 Å². The molecule has 1 N–H and O–H groups in total. The monoisotopic (exact) mass is 510 g/mol. The molecule has 1 aliphatic heterocycles. The van der Waals surface area contributed by atoms with Crippen molar-refractivity contribution in [1.82, 2.24) is 10.2 Å². The van der Waals surface area contributed by atoms with Crippen LogP contribution in [0.3, 0.4) is 0 Å². The second kappa shape index (κ2) is 9.25. The largest absolute Gasteiger partial charge is 0.490 e. The Labute approximate surface area is 181 Å². The summed E-state index contributed by atoms with van der Waals surface area (Å²) in [5.41, 5.74) is 1.07.